The largest absolute Gasteiger partial charge is 0.381 e. The van der Waals surface area contributed by atoms with Gasteiger partial charge in [-0.3, -0.25) is 0 Å². The predicted molar refractivity (Wildman–Crippen MR) is 80.2 cm³/mol. The maximum absolute atomic E-state index is 5.63. The number of nitrogens with one attached hydrogen (secondary N) is 2. The van der Waals surface area contributed by atoms with Gasteiger partial charge < -0.3 is 15.4 Å². The molecule has 2 fully saturated rings. The minimum absolute atomic E-state index is 0.575. The summed E-state index contributed by atoms with van der Waals surface area (Å²) in [4.78, 5) is 9.11. The zero-order valence-corrected chi connectivity index (χ0v) is 12.2. The molecule has 1 aromatic heterocycles. The molecule has 2 saturated carbocycles. The van der Waals surface area contributed by atoms with Crippen LogP contribution in [-0.4, -0.2) is 36.8 Å². The van der Waals surface area contributed by atoms with Crippen LogP contribution in [0.25, 0.3) is 0 Å². The van der Waals surface area contributed by atoms with Crippen LogP contribution in [0.4, 0.5) is 11.6 Å². The lowest BCUT2D eigenvalue weighted by Crippen LogP contribution is -2.10. The predicted octanol–water partition coefficient (Wildman–Crippen LogP) is 2.62. The molecule has 0 spiro atoms. The number of aromatic nitrogens is 2. The first-order chi connectivity index (χ1) is 9.85. The molecule has 2 N–H and O–H groups in total. The molecule has 0 radical (unpaired) electrons. The van der Waals surface area contributed by atoms with E-state index in [9.17, 15) is 0 Å². The van der Waals surface area contributed by atoms with Crippen molar-refractivity contribution in [2.45, 2.75) is 38.0 Å². The van der Waals surface area contributed by atoms with Crippen molar-refractivity contribution in [1.82, 2.24) is 9.97 Å². The van der Waals surface area contributed by atoms with Crippen molar-refractivity contribution < 1.29 is 4.74 Å². The standard InChI is InChI=1S/C15H24N4O/c1-16-13-9-14(19-15(18-13)12-5-6-12)17-7-2-8-20-10-11-3-4-11/h9,11-12H,2-8,10H2,1H3,(H2,16,17,18,19). The second-order valence-electron chi connectivity index (χ2n) is 5.82. The second kappa shape index (κ2) is 6.39. The average molecular weight is 276 g/mol. The molecule has 20 heavy (non-hydrogen) atoms. The highest BCUT2D eigenvalue weighted by Gasteiger charge is 2.27. The Morgan fingerprint density at radius 1 is 1.20 bits per heavy atom. The Bertz CT molecular complexity index is 443. The highest BCUT2D eigenvalue weighted by Crippen LogP contribution is 2.38. The molecule has 5 nitrogen and oxygen atoms in total. The molecule has 0 bridgehead atoms. The summed E-state index contributed by atoms with van der Waals surface area (Å²) in [6.45, 7) is 2.68. The third-order valence-corrected chi connectivity index (χ3v) is 3.76. The molecule has 0 saturated heterocycles. The van der Waals surface area contributed by atoms with Gasteiger partial charge in [-0.05, 0) is 38.0 Å². The Hall–Kier alpha value is -1.36. The molecule has 0 aromatic carbocycles. The topological polar surface area (TPSA) is 59.1 Å². The van der Waals surface area contributed by atoms with Crippen molar-refractivity contribution in [3.63, 3.8) is 0 Å². The Morgan fingerprint density at radius 3 is 2.70 bits per heavy atom. The normalized spacial score (nSPS) is 18.1. The highest BCUT2D eigenvalue weighted by molar-refractivity contribution is 5.47. The van der Waals surface area contributed by atoms with Gasteiger partial charge in [0.1, 0.15) is 17.5 Å². The highest BCUT2D eigenvalue weighted by atomic mass is 16.5. The van der Waals surface area contributed by atoms with E-state index in [4.69, 9.17) is 4.74 Å². The van der Waals surface area contributed by atoms with Crippen molar-refractivity contribution in [2.75, 3.05) is 37.4 Å². The summed E-state index contributed by atoms with van der Waals surface area (Å²) in [5, 5.41) is 6.48. The van der Waals surface area contributed by atoms with E-state index >= 15 is 0 Å². The molecular weight excluding hydrogens is 252 g/mol. The van der Waals surface area contributed by atoms with Gasteiger partial charge in [-0.2, -0.15) is 0 Å². The summed E-state index contributed by atoms with van der Waals surface area (Å²) >= 11 is 0. The molecule has 1 heterocycles. The van der Waals surface area contributed by atoms with Crippen LogP contribution in [0.3, 0.4) is 0 Å². The zero-order chi connectivity index (χ0) is 13.8. The van der Waals surface area contributed by atoms with Crippen molar-refractivity contribution in [3.8, 4) is 0 Å². The smallest absolute Gasteiger partial charge is 0.136 e. The SMILES string of the molecule is CNc1cc(NCCCOCC2CC2)nc(C2CC2)n1. The third kappa shape index (κ3) is 4.07. The number of hydrogen-bond donors (Lipinski definition) is 2. The van der Waals surface area contributed by atoms with Gasteiger partial charge in [-0.15, -0.1) is 0 Å². The maximum Gasteiger partial charge on any atom is 0.136 e. The van der Waals surface area contributed by atoms with E-state index in [1.54, 1.807) is 0 Å². The van der Waals surface area contributed by atoms with Gasteiger partial charge in [-0.1, -0.05) is 0 Å². The molecule has 0 amide bonds. The van der Waals surface area contributed by atoms with Gasteiger partial charge in [0.25, 0.3) is 0 Å². The van der Waals surface area contributed by atoms with Crippen LogP contribution < -0.4 is 10.6 Å². The van der Waals surface area contributed by atoms with Gasteiger partial charge in [0.2, 0.25) is 0 Å². The van der Waals surface area contributed by atoms with E-state index in [0.717, 1.165) is 49.6 Å². The van der Waals surface area contributed by atoms with Gasteiger partial charge in [0.05, 0.1) is 0 Å². The Labute approximate surface area is 120 Å². The first kappa shape index (κ1) is 13.6. The summed E-state index contributed by atoms with van der Waals surface area (Å²) in [7, 11) is 1.90. The molecule has 0 aliphatic heterocycles. The lowest BCUT2D eigenvalue weighted by Gasteiger charge is -2.09. The molecule has 2 aliphatic rings. The van der Waals surface area contributed by atoms with Crippen LogP contribution in [0.2, 0.25) is 0 Å². The van der Waals surface area contributed by atoms with Gasteiger partial charge in [0.15, 0.2) is 0 Å². The van der Waals surface area contributed by atoms with E-state index in [1.807, 2.05) is 13.1 Å². The summed E-state index contributed by atoms with van der Waals surface area (Å²) < 4.78 is 5.63. The second-order valence-corrected chi connectivity index (χ2v) is 5.82. The Balaban J connectivity index is 1.42. The summed E-state index contributed by atoms with van der Waals surface area (Å²) in [6, 6.07) is 1.97. The van der Waals surface area contributed by atoms with Crippen molar-refractivity contribution in [3.05, 3.63) is 11.9 Å². The number of ether oxygens (including phenoxy) is 1. The van der Waals surface area contributed by atoms with Crippen LogP contribution in [-0.2, 0) is 4.74 Å². The minimum atomic E-state index is 0.575. The maximum atomic E-state index is 5.63. The first-order valence-electron chi connectivity index (χ1n) is 7.73. The van der Waals surface area contributed by atoms with Crippen LogP contribution in [0.15, 0.2) is 6.07 Å². The van der Waals surface area contributed by atoms with Crippen molar-refractivity contribution in [1.29, 1.82) is 0 Å². The molecule has 0 unspecified atom stereocenters. The van der Waals surface area contributed by atoms with Crippen LogP contribution in [0, 0.1) is 5.92 Å². The fraction of sp³-hybridized carbons (Fsp3) is 0.733. The lowest BCUT2D eigenvalue weighted by molar-refractivity contribution is 0.124. The molecule has 0 atom stereocenters. The van der Waals surface area contributed by atoms with Crippen LogP contribution >= 0.6 is 0 Å². The quantitative estimate of drug-likeness (QED) is 0.679. The number of hydrogen-bond acceptors (Lipinski definition) is 5. The van der Waals surface area contributed by atoms with E-state index in [0.29, 0.717) is 5.92 Å². The molecule has 2 aliphatic carbocycles. The van der Waals surface area contributed by atoms with Crippen LogP contribution in [0.1, 0.15) is 43.8 Å². The Kier molecular flexibility index (Phi) is 4.35. The van der Waals surface area contributed by atoms with Gasteiger partial charge in [-0.25, -0.2) is 9.97 Å². The third-order valence-electron chi connectivity index (χ3n) is 3.76. The summed E-state index contributed by atoms with van der Waals surface area (Å²) in [6.07, 6.45) is 6.18. The van der Waals surface area contributed by atoms with Crippen molar-refractivity contribution in [2.24, 2.45) is 5.92 Å². The minimum Gasteiger partial charge on any atom is -0.381 e. The van der Waals surface area contributed by atoms with Gasteiger partial charge >= 0.3 is 0 Å². The number of rotatable bonds is 9. The zero-order valence-electron chi connectivity index (χ0n) is 12.2. The van der Waals surface area contributed by atoms with E-state index < -0.39 is 0 Å². The van der Waals surface area contributed by atoms with E-state index in [1.165, 1.54) is 25.7 Å². The number of nitrogens with zero attached hydrogens (tertiary/aromatic N) is 2. The fourth-order valence-electron chi connectivity index (χ4n) is 2.13. The number of anilines is 2. The Morgan fingerprint density at radius 2 is 2.00 bits per heavy atom. The van der Waals surface area contributed by atoms with E-state index in [2.05, 4.69) is 20.6 Å². The lowest BCUT2D eigenvalue weighted by atomic mass is 10.3. The molecule has 110 valence electrons. The molecule has 3 rings (SSSR count). The monoisotopic (exact) mass is 276 g/mol. The molecular formula is C15H24N4O. The fourth-order valence-corrected chi connectivity index (χ4v) is 2.13. The summed E-state index contributed by atoms with van der Waals surface area (Å²) in [5.74, 6) is 4.22. The van der Waals surface area contributed by atoms with Crippen LogP contribution in [0.5, 0.6) is 0 Å². The average Bonchev–Trinajstić information content (AvgIpc) is 3.35. The molecule has 5 heteroatoms. The van der Waals surface area contributed by atoms with Gasteiger partial charge in [0, 0.05) is 38.8 Å². The first-order valence-corrected chi connectivity index (χ1v) is 7.73. The summed E-state index contributed by atoms with van der Waals surface area (Å²) in [5.41, 5.74) is 0. The van der Waals surface area contributed by atoms with E-state index in [-0.39, 0.29) is 0 Å². The molecule has 1 aromatic rings. The van der Waals surface area contributed by atoms with Crippen molar-refractivity contribution >= 4 is 11.6 Å².